The molecule has 1 aliphatic rings. The Labute approximate surface area is 193 Å². The summed E-state index contributed by atoms with van der Waals surface area (Å²) >= 11 is 0. The number of amides is 2. The number of hydrogen-bond acceptors (Lipinski definition) is 5. The van der Waals surface area contributed by atoms with Crippen LogP contribution < -0.4 is 10.6 Å². The zero-order chi connectivity index (χ0) is 23.8. The van der Waals surface area contributed by atoms with Crippen LogP contribution in [0.2, 0.25) is 0 Å². The standard InChI is InChI=1S/C25H30N2O6/c1-3-16(24(30)26-14-17(32-2)12-23(28)29)13-27-25(31)33-15-22-20-10-6-4-8-18(20)19-9-5-7-11-21(19)22/h4-11,16-17,22H,3,12-15H2,1-2H3,(H,26,30)(H,27,31)(H,28,29). The lowest BCUT2D eigenvalue weighted by Gasteiger charge is -2.19. The Morgan fingerprint density at radius 3 is 2.12 bits per heavy atom. The Morgan fingerprint density at radius 1 is 0.970 bits per heavy atom. The molecule has 2 aromatic carbocycles. The molecule has 0 saturated heterocycles. The highest BCUT2D eigenvalue weighted by Gasteiger charge is 2.29. The van der Waals surface area contributed by atoms with Crippen LogP contribution in [-0.4, -0.2) is 56.0 Å². The molecule has 2 unspecified atom stereocenters. The highest BCUT2D eigenvalue weighted by molar-refractivity contribution is 5.80. The highest BCUT2D eigenvalue weighted by atomic mass is 16.5. The molecule has 33 heavy (non-hydrogen) atoms. The predicted octanol–water partition coefficient (Wildman–Crippen LogP) is 3.16. The van der Waals surface area contributed by atoms with Crippen molar-refractivity contribution in [3.05, 3.63) is 59.7 Å². The molecule has 0 bridgehead atoms. The SMILES string of the molecule is CCC(CNC(=O)OCC1c2ccccc2-c2ccccc21)C(=O)NCC(CC(=O)O)OC. The molecule has 3 rings (SSSR count). The molecule has 0 radical (unpaired) electrons. The number of benzene rings is 2. The number of rotatable bonds is 11. The zero-order valence-corrected chi connectivity index (χ0v) is 18.9. The highest BCUT2D eigenvalue weighted by Crippen LogP contribution is 2.44. The Hall–Kier alpha value is -3.39. The maximum absolute atomic E-state index is 12.4. The first-order valence-electron chi connectivity index (χ1n) is 11.1. The van der Waals surface area contributed by atoms with Crippen molar-refractivity contribution in [2.45, 2.75) is 31.8 Å². The van der Waals surface area contributed by atoms with E-state index in [0.29, 0.717) is 6.42 Å². The first-order valence-corrected chi connectivity index (χ1v) is 11.1. The lowest BCUT2D eigenvalue weighted by molar-refractivity contribution is -0.140. The van der Waals surface area contributed by atoms with Crippen molar-refractivity contribution in [2.75, 3.05) is 26.8 Å². The van der Waals surface area contributed by atoms with Crippen LogP contribution in [0.25, 0.3) is 11.1 Å². The summed E-state index contributed by atoms with van der Waals surface area (Å²) in [6.07, 6.45) is -0.889. The van der Waals surface area contributed by atoms with Gasteiger partial charge < -0.3 is 25.2 Å². The minimum atomic E-state index is -1.000. The number of methoxy groups -OCH3 is 1. The van der Waals surface area contributed by atoms with E-state index in [1.54, 1.807) is 0 Å². The number of fused-ring (bicyclic) bond motifs is 3. The van der Waals surface area contributed by atoms with Gasteiger partial charge in [0.25, 0.3) is 0 Å². The van der Waals surface area contributed by atoms with Crippen molar-refractivity contribution in [1.82, 2.24) is 10.6 Å². The summed E-state index contributed by atoms with van der Waals surface area (Å²) in [5, 5.41) is 14.2. The van der Waals surface area contributed by atoms with Crippen molar-refractivity contribution in [3.8, 4) is 11.1 Å². The summed E-state index contributed by atoms with van der Waals surface area (Å²) < 4.78 is 10.6. The summed E-state index contributed by atoms with van der Waals surface area (Å²) in [5.41, 5.74) is 4.57. The lowest BCUT2D eigenvalue weighted by atomic mass is 9.98. The molecular formula is C25H30N2O6. The van der Waals surface area contributed by atoms with Crippen molar-refractivity contribution < 1.29 is 29.0 Å². The first kappa shape index (κ1) is 24.3. The zero-order valence-electron chi connectivity index (χ0n) is 18.9. The van der Waals surface area contributed by atoms with E-state index >= 15 is 0 Å². The Morgan fingerprint density at radius 2 is 1.58 bits per heavy atom. The summed E-state index contributed by atoms with van der Waals surface area (Å²) in [6.45, 7) is 2.25. The summed E-state index contributed by atoms with van der Waals surface area (Å²) in [4.78, 5) is 35.6. The lowest BCUT2D eigenvalue weighted by Crippen LogP contribution is -2.42. The van der Waals surface area contributed by atoms with Gasteiger partial charge in [0.1, 0.15) is 6.61 Å². The predicted molar refractivity (Wildman–Crippen MR) is 123 cm³/mol. The molecular weight excluding hydrogens is 424 g/mol. The van der Waals surface area contributed by atoms with Crippen molar-refractivity contribution in [2.24, 2.45) is 5.92 Å². The Balaban J connectivity index is 1.50. The van der Waals surface area contributed by atoms with Gasteiger partial charge in [-0.3, -0.25) is 9.59 Å². The van der Waals surface area contributed by atoms with E-state index < -0.39 is 24.1 Å². The quantitative estimate of drug-likeness (QED) is 0.481. The third kappa shape index (κ3) is 6.10. The number of carboxylic acids is 1. The Bertz CT molecular complexity index is 947. The van der Waals surface area contributed by atoms with Crippen LogP contribution in [0.4, 0.5) is 4.79 Å². The molecule has 176 valence electrons. The van der Waals surface area contributed by atoms with Crippen LogP contribution in [0.3, 0.4) is 0 Å². The summed E-state index contributed by atoms with van der Waals surface area (Å²) in [6, 6.07) is 16.2. The number of ether oxygens (including phenoxy) is 2. The van der Waals surface area contributed by atoms with Crippen molar-refractivity contribution in [3.63, 3.8) is 0 Å². The number of carboxylic acid groups (broad SMARTS) is 1. The largest absolute Gasteiger partial charge is 0.481 e. The molecule has 8 heteroatoms. The van der Waals surface area contributed by atoms with Crippen LogP contribution in [0, 0.1) is 5.92 Å². The number of hydrogen-bond donors (Lipinski definition) is 3. The minimum Gasteiger partial charge on any atom is -0.481 e. The summed E-state index contributed by atoms with van der Waals surface area (Å²) in [7, 11) is 1.40. The molecule has 2 atom stereocenters. The molecule has 8 nitrogen and oxygen atoms in total. The maximum atomic E-state index is 12.4. The van der Waals surface area contributed by atoms with E-state index in [4.69, 9.17) is 14.6 Å². The normalized spacial score (nSPS) is 14.0. The van der Waals surface area contributed by atoms with Crippen LogP contribution in [0.5, 0.6) is 0 Å². The molecule has 0 saturated carbocycles. The number of alkyl carbamates (subject to hydrolysis) is 1. The third-order valence-corrected chi connectivity index (χ3v) is 5.94. The van der Waals surface area contributed by atoms with Gasteiger partial charge in [-0.15, -0.1) is 0 Å². The van der Waals surface area contributed by atoms with Gasteiger partial charge in [0.2, 0.25) is 5.91 Å². The van der Waals surface area contributed by atoms with Crippen LogP contribution >= 0.6 is 0 Å². The fourth-order valence-electron chi connectivity index (χ4n) is 4.07. The topological polar surface area (TPSA) is 114 Å². The van der Waals surface area contributed by atoms with E-state index in [2.05, 4.69) is 34.9 Å². The second-order valence-electron chi connectivity index (χ2n) is 8.01. The van der Waals surface area contributed by atoms with E-state index in [0.717, 1.165) is 22.3 Å². The van der Waals surface area contributed by atoms with Gasteiger partial charge in [-0.2, -0.15) is 0 Å². The Kier molecular flexibility index (Phi) is 8.43. The van der Waals surface area contributed by atoms with E-state index in [-0.39, 0.29) is 37.9 Å². The maximum Gasteiger partial charge on any atom is 0.407 e. The third-order valence-electron chi connectivity index (χ3n) is 5.94. The van der Waals surface area contributed by atoms with Gasteiger partial charge in [0.15, 0.2) is 0 Å². The van der Waals surface area contributed by atoms with Crippen molar-refractivity contribution >= 4 is 18.0 Å². The second kappa shape index (κ2) is 11.5. The summed E-state index contributed by atoms with van der Waals surface area (Å²) in [5.74, 6) is -1.77. The second-order valence-corrected chi connectivity index (χ2v) is 8.01. The van der Waals surface area contributed by atoms with Gasteiger partial charge >= 0.3 is 12.1 Å². The van der Waals surface area contributed by atoms with Gasteiger partial charge in [-0.25, -0.2) is 4.79 Å². The monoisotopic (exact) mass is 454 g/mol. The molecule has 0 aromatic heterocycles. The van der Waals surface area contributed by atoms with Crippen molar-refractivity contribution in [1.29, 1.82) is 0 Å². The van der Waals surface area contributed by atoms with Gasteiger partial charge in [-0.1, -0.05) is 55.5 Å². The fraction of sp³-hybridized carbons (Fsp3) is 0.400. The van der Waals surface area contributed by atoms with Crippen LogP contribution in [0.1, 0.15) is 36.8 Å². The van der Waals surface area contributed by atoms with Gasteiger partial charge in [0, 0.05) is 26.1 Å². The molecule has 2 amide bonds. The average Bonchev–Trinajstić information content (AvgIpc) is 3.14. The van der Waals surface area contributed by atoms with Crippen LogP contribution in [-0.2, 0) is 19.1 Å². The smallest absolute Gasteiger partial charge is 0.407 e. The molecule has 0 fully saturated rings. The van der Waals surface area contributed by atoms with Crippen LogP contribution in [0.15, 0.2) is 48.5 Å². The van der Waals surface area contributed by atoms with E-state index in [9.17, 15) is 14.4 Å². The average molecular weight is 455 g/mol. The number of aliphatic carboxylic acids is 1. The number of carbonyl (C=O) groups is 3. The molecule has 0 heterocycles. The van der Waals surface area contributed by atoms with Gasteiger partial charge in [-0.05, 0) is 28.7 Å². The molecule has 0 aliphatic heterocycles. The fourth-order valence-corrected chi connectivity index (χ4v) is 4.07. The first-order chi connectivity index (χ1) is 15.9. The number of nitrogens with one attached hydrogen (secondary N) is 2. The minimum absolute atomic E-state index is 0.0337. The molecule has 0 spiro atoms. The van der Waals surface area contributed by atoms with E-state index in [1.165, 1.54) is 7.11 Å². The molecule has 2 aromatic rings. The van der Waals surface area contributed by atoms with Gasteiger partial charge in [0.05, 0.1) is 18.4 Å². The number of carbonyl (C=O) groups excluding carboxylic acids is 2. The molecule has 1 aliphatic carbocycles. The molecule has 3 N–H and O–H groups in total. The van der Waals surface area contributed by atoms with E-state index in [1.807, 2.05) is 31.2 Å².